The molecule has 2 rings (SSSR count). The zero-order valence-electron chi connectivity index (χ0n) is 10.2. The summed E-state index contributed by atoms with van der Waals surface area (Å²) in [6.45, 7) is -0.113. The van der Waals surface area contributed by atoms with Crippen molar-refractivity contribution in [3.05, 3.63) is 29.0 Å². The van der Waals surface area contributed by atoms with Gasteiger partial charge in [-0.05, 0) is 18.2 Å². The lowest BCUT2D eigenvalue weighted by Gasteiger charge is -2.21. The molecule has 1 aromatic rings. The number of aliphatic carboxylic acids is 1. The van der Waals surface area contributed by atoms with Crippen LogP contribution in [0, 0.1) is 5.82 Å². The van der Waals surface area contributed by atoms with E-state index in [1.54, 1.807) is 0 Å². The Kier molecular flexibility index (Phi) is 4.10. The zero-order chi connectivity index (χ0) is 14.9. The molecule has 1 heterocycles. The quantitative estimate of drug-likeness (QED) is 0.773. The molecule has 1 aliphatic rings. The van der Waals surface area contributed by atoms with Crippen LogP contribution in [0.15, 0.2) is 18.2 Å². The highest BCUT2D eigenvalue weighted by Gasteiger charge is 2.39. The van der Waals surface area contributed by atoms with Gasteiger partial charge in [0, 0.05) is 18.0 Å². The number of nitrogens with zero attached hydrogens (tertiary/aromatic N) is 1. The third-order valence-corrected chi connectivity index (χ3v) is 3.23. The van der Waals surface area contributed by atoms with Gasteiger partial charge in [-0.1, -0.05) is 11.6 Å². The van der Waals surface area contributed by atoms with Gasteiger partial charge >= 0.3 is 12.0 Å². The van der Waals surface area contributed by atoms with Crippen molar-refractivity contribution >= 4 is 29.3 Å². The number of carboxylic acid groups (broad SMARTS) is 1. The summed E-state index contributed by atoms with van der Waals surface area (Å²) < 4.78 is 13.5. The molecule has 0 aliphatic carbocycles. The molecule has 0 radical (unpaired) electrons. The second kappa shape index (κ2) is 5.64. The lowest BCUT2D eigenvalue weighted by atomic mass is 10.2. The van der Waals surface area contributed by atoms with E-state index in [1.165, 1.54) is 12.1 Å². The average molecular weight is 303 g/mol. The summed E-state index contributed by atoms with van der Waals surface area (Å²) in [6, 6.07) is 1.80. The molecule has 0 aromatic heterocycles. The molecule has 1 aliphatic heterocycles. The molecule has 0 bridgehead atoms. The molecule has 2 amide bonds. The van der Waals surface area contributed by atoms with Crippen LogP contribution in [0.25, 0.3) is 0 Å². The summed E-state index contributed by atoms with van der Waals surface area (Å²) >= 11 is 5.59. The van der Waals surface area contributed by atoms with Gasteiger partial charge < -0.3 is 20.4 Å². The number of amides is 2. The van der Waals surface area contributed by atoms with Crippen molar-refractivity contribution in [2.45, 2.75) is 18.6 Å². The maximum absolute atomic E-state index is 13.5. The van der Waals surface area contributed by atoms with Crippen molar-refractivity contribution in [3.63, 3.8) is 0 Å². The molecule has 108 valence electrons. The number of hydrogen-bond acceptors (Lipinski definition) is 3. The van der Waals surface area contributed by atoms with Crippen molar-refractivity contribution in [1.29, 1.82) is 0 Å². The second-order valence-electron chi connectivity index (χ2n) is 4.45. The summed E-state index contributed by atoms with van der Waals surface area (Å²) in [5.74, 6) is -1.94. The van der Waals surface area contributed by atoms with Crippen LogP contribution in [0.4, 0.5) is 14.9 Å². The minimum absolute atomic E-state index is 0.0497. The minimum Gasteiger partial charge on any atom is -0.480 e. The summed E-state index contributed by atoms with van der Waals surface area (Å²) in [4.78, 5) is 23.9. The highest BCUT2D eigenvalue weighted by molar-refractivity contribution is 6.30. The molecule has 2 atom stereocenters. The summed E-state index contributed by atoms with van der Waals surface area (Å²) in [5, 5.41) is 20.9. The minimum atomic E-state index is -1.21. The predicted molar refractivity (Wildman–Crippen MR) is 69.2 cm³/mol. The number of carboxylic acids is 1. The van der Waals surface area contributed by atoms with Crippen molar-refractivity contribution in [2.75, 3.05) is 11.9 Å². The number of nitrogens with one attached hydrogen (secondary N) is 1. The molecule has 8 heteroatoms. The van der Waals surface area contributed by atoms with E-state index < -0.39 is 30.0 Å². The highest BCUT2D eigenvalue weighted by Crippen LogP contribution is 2.22. The van der Waals surface area contributed by atoms with E-state index in [4.69, 9.17) is 16.7 Å². The smallest absolute Gasteiger partial charge is 0.326 e. The third kappa shape index (κ3) is 3.00. The lowest BCUT2D eigenvalue weighted by molar-refractivity contribution is -0.141. The molecular weight excluding hydrogens is 291 g/mol. The third-order valence-electron chi connectivity index (χ3n) is 3.00. The van der Waals surface area contributed by atoms with E-state index in [0.29, 0.717) is 0 Å². The number of rotatable bonds is 2. The van der Waals surface area contributed by atoms with Gasteiger partial charge in [0.05, 0.1) is 11.8 Å². The zero-order valence-corrected chi connectivity index (χ0v) is 11.0. The Hall–Kier alpha value is -1.86. The molecule has 2 unspecified atom stereocenters. The summed E-state index contributed by atoms with van der Waals surface area (Å²) in [6.07, 6.45) is -0.955. The topological polar surface area (TPSA) is 89.9 Å². The fourth-order valence-corrected chi connectivity index (χ4v) is 2.21. The number of carbonyl (C=O) groups excluding carboxylic acids is 1. The molecule has 1 aromatic carbocycles. The maximum atomic E-state index is 13.5. The Balaban J connectivity index is 2.13. The van der Waals surface area contributed by atoms with E-state index in [0.717, 1.165) is 11.0 Å². The molecular formula is C12H12ClFN2O4. The number of likely N-dealkylation sites (tertiary alicyclic amines) is 1. The average Bonchev–Trinajstić information content (AvgIpc) is 2.75. The standard InChI is InChI=1S/C12H12ClFN2O4/c13-6-1-2-9(8(14)3-6)15-12(20)16-5-7(17)4-10(16)11(18)19/h1-3,7,10,17H,4-5H2,(H,15,20)(H,18,19). The molecule has 20 heavy (non-hydrogen) atoms. The Labute approximate surface area is 118 Å². The van der Waals surface area contributed by atoms with Crippen LogP contribution >= 0.6 is 11.6 Å². The SMILES string of the molecule is O=C(O)C1CC(O)CN1C(=O)Nc1ccc(Cl)cc1F. The second-order valence-corrected chi connectivity index (χ2v) is 4.89. The fraction of sp³-hybridized carbons (Fsp3) is 0.333. The Bertz CT molecular complexity index is 554. The van der Waals surface area contributed by atoms with E-state index in [2.05, 4.69) is 5.32 Å². The number of β-amino-alcohol motifs (C(OH)–C–C–N with tert-alkyl or cyclic N) is 1. The molecule has 6 nitrogen and oxygen atoms in total. The van der Waals surface area contributed by atoms with E-state index in [1.807, 2.05) is 0 Å². The molecule has 0 spiro atoms. The van der Waals surface area contributed by atoms with Gasteiger partial charge in [-0.3, -0.25) is 0 Å². The van der Waals surface area contributed by atoms with Gasteiger partial charge in [-0.15, -0.1) is 0 Å². The predicted octanol–water partition coefficient (Wildman–Crippen LogP) is 1.53. The number of urea groups is 1. The maximum Gasteiger partial charge on any atom is 0.326 e. The first kappa shape index (κ1) is 14.5. The molecule has 3 N–H and O–H groups in total. The van der Waals surface area contributed by atoms with Crippen LogP contribution in [0.1, 0.15) is 6.42 Å². The first-order chi connectivity index (χ1) is 9.38. The van der Waals surface area contributed by atoms with Crippen LogP contribution in [0.2, 0.25) is 5.02 Å². The van der Waals surface area contributed by atoms with Crippen molar-refractivity contribution in [2.24, 2.45) is 0 Å². The Morgan fingerprint density at radius 1 is 1.45 bits per heavy atom. The molecule has 1 saturated heterocycles. The van der Waals surface area contributed by atoms with Gasteiger partial charge in [0.1, 0.15) is 11.9 Å². The van der Waals surface area contributed by atoms with Gasteiger partial charge in [-0.25, -0.2) is 14.0 Å². The number of aliphatic hydroxyl groups excluding tert-OH is 1. The lowest BCUT2D eigenvalue weighted by Crippen LogP contribution is -2.43. The number of benzene rings is 1. The summed E-state index contributed by atoms with van der Waals surface area (Å²) in [5.41, 5.74) is -0.107. The van der Waals surface area contributed by atoms with Gasteiger partial charge in [0.15, 0.2) is 0 Å². The number of hydrogen-bond donors (Lipinski definition) is 3. The van der Waals surface area contributed by atoms with Crippen LogP contribution in [-0.2, 0) is 4.79 Å². The van der Waals surface area contributed by atoms with Crippen LogP contribution in [-0.4, -0.2) is 45.8 Å². The highest BCUT2D eigenvalue weighted by atomic mass is 35.5. The van der Waals surface area contributed by atoms with Crippen molar-refractivity contribution in [1.82, 2.24) is 4.90 Å². The van der Waals surface area contributed by atoms with E-state index >= 15 is 0 Å². The number of halogens is 2. The van der Waals surface area contributed by atoms with Crippen LogP contribution in [0.5, 0.6) is 0 Å². The summed E-state index contributed by atoms with van der Waals surface area (Å²) in [7, 11) is 0. The van der Waals surface area contributed by atoms with Gasteiger partial charge in [0.25, 0.3) is 0 Å². The molecule has 0 saturated carbocycles. The fourth-order valence-electron chi connectivity index (χ4n) is 2.05. The Morgan fingerprint density at radius 3 is 2.75 bits per heavy atom. The van der Waals surface area contributed by atoms with Crippen LogP contribution in [0.3, 0.4) is 0 Å². The van der Waals surface area contributed by atoms with E-state index in [9.17, 15) is 19.1 Å². The molecule has 1 fully saturated rings. The van der Waals surface area contributed by atoms with Crippen molar-refractivity contribution in [3.8, 4) is 0 Å². The number of anilines is 1. The number of aliphatic hydroxyl groups is 1. The monoisotopic (exact) mass is 302 g/mol. The van der Waals surface area contributed by atoms with Crippen LogP contribution < -0.4 is 5.32 Å². The normalized spacial score (nSPS) is 21.9. The van der Waals surface area contributed by atoms with E-state index in [-0.39, 0.29) is 23.7 Å². The van der Waals surface area contributed by atoms with Crippen molar-refractivity contribution < 1.29 is 24.2 Å². The Morgan fingerprint density at radius 2 is 2.15 bits per heavy atom. The number of carbonyl (C=O) groups is 2. The first-order valence-corrected chi connectivity index (χ1v) is 6.20. The largest absolute Gasteiger partial charge is 0.480 e. The van der Waals surface area contributed by atoms with Gasteiger partial charge in [0.2, 0.25) is 0 Å². The van der Waals surface area contributed by atoms with Gasteiger partial charge in [-0.2, -0.15) is 0 Å². The first-order valence-electron chi connectivity index (χ1n) is 5.82.